The highest BCUT2D eigenvalue weighted by molar-refractivity contribution is 7.12. The maximum absolute atomic E-state index is 12.9. The van der Waals surface area contributed by atoms with Crippen molar-refractivity contribution >= 4 is 29.2 Å². The number of nitrogens with two attached hydrogens (primary N) is 1. The summed E-state index contributed by atoms with van der Waals surface area (Å²) in [6.07, 6.45) is 1.45. The first-order valence-electron chi connectivity index (χ1n) is 9.17. The molecule has 0 unspecified atom stereocenters. The third-order valence-electron chi connectivity index (χ3n) is 4.53. The Bertz CT molecular complexity index is 1250. The van der Waals surface area contributed by atoms with Crippen molar-refractivity contribution in [1.29, 1.82) is 0 Å². The van der Waals surface area contributed by atoms with E-state index in [0.717, 1.165) is 22.5 Å². The van der Waals surface area contributed by atoms with Gasteiger partial charge in [-0.25, -0.2) is 15.4 Å². The molecule has 2 heterocycles. The number of nitrogen functional groups attached to an aromatic ring is 1. The molecule has 4 rings (SSSR count). The molecule has 7 nitrogen and oxygen atoms in total. The number of benzene rings is 2. The number of amides is 1. The van der Waals surface area contributed by atoms with Crippen LogP contribution in [0.2, 0.25) is 0 Å². The quantitative estimate of drug-likeness (QED) is 0.160. The van der Waals surface area contributed by atoms with Gasteiger partial charge in [0.25, 0.3) is 5.91 Å². The van der Waals surface area contributed by atoms with E-state index in [9.17, 15) is 14.4 Å². The van der Waals surface area contributed by atoms with Gasteiger partial charge in [-0.15, -0.1) is 11.3 Å². The van der Waals surface area contributed by atoms with E-state index in [1.807, 2.05) is 66.1 Å². The summed E-state index contributed by atoms with van der Waals surface area (Å²) in [6.45, 7) is 0. The van der Waals surface area contributed by atoms with Gasteiger partial charge >= 0.3 is 11.9 Å². The second kappa shape index (κ2) is 8.78. The Morgan fingerprint density at radius 2 is 1.52 bits per heavy atom. The highest BCUT2D eigenvalue weighted by Gasteiger charge is 2.28. The zero-order valence-corrected chi connectivity index (χ0v) is 16.8. The number of rotatable bonds is 5. The van der Waals surface area contributed by atoms with Gasteiger partial charge in [0.05, 0.1) is 5.56 Å². The second-order valence-corrected chi connectivity index (χ2v) is 7.32. The summed E-state index contributed by atoms with van der Waals surface area (Å²) in [7, 11) is 0. The highest BCUT2D eigenvalue weighted by atomic mass is 32.1. The first-order valence-corrected chi connectivity index (χ1v) is 10.1. The minimum absolute atomic E-state index is 0.0491. The van der Waals surface area contributed by atoms with E-state index >= 15 is 0 Å². The minimum atomic E-state index is -0.971. The van der Waals surface area contributed by atoms with Gasteiger partial charge in [0.15, 0.2) is 0 Å². The van der Waals surface area contributed by atoms with Gasteiger partial charge in [-0.3, -0.25) is 10.2 Å². The smallest absolute Gasteiger partial charge is 0.382 e. The summed E-state index contributed by atoms with van der Waals surface area (Å²) in [5.41, 5.74) is 4.67. The van der Waals surface area contributed by atoms with Crippen LogP contribution in [0.25, 0.3) is 22.3 Å². The fraction of sp³-hybridized carbons (Fsp3) is 0. The lowest BCUT2D eigenvalue weighted by Crippen LogP contribution is -2.30. The summed E-state index contributed by atoms with van der Waals surface area (Å²) in [5, 5.41) is 1.53. The van der Waals surface area contributed by atoms with E-state index in [4.69, 9.17) is 15.0 Å². The number of hydrogen-bond donors (Lipinski definition) is 2. The van der Waals surface area contributed by atoms with Gasteiger partial charge in [-0.05, 0) is 22.6 Å². The zero-order chi connectivity index (χ0) is 21.8. The molecule has 4 aromatic rings. The summed E-state index contributed by atoms with van der Waals surface area (Å²) in [4.78, 5) is 37.3. The lowest BCUT2D eigenvalue weighted by molar-refractivity contribution is 0.0374. The number of hydrogen-bond acceptors (Lipinski definition) is 7. The molecule has 3 N–H and O–H groups in total. The number of thiophene rings is 1. The Hall–Kier alpha value is -4.01. The van der Waals surface area contributed by atoms with E-state index in [2.05, 4.69) is 0 Å². The molecule has 31 heavy (non-hydrogen) atoms. The van der Waals surface area contributed by atoms with Crippen LogP contribution in [-0.2, 0) is 4.74 Å². The summed E-state index contributed by atoms with van der Waals surface area (Å²) >= 11 is 1.01. The topological polar surface area (TPSA) is 112 Å². The van der Waals surface area contributed by atoms with Crippen molar-refractivity contribution in [2.24, 2.45) is 5.84 Å². The molecule has 8 heteroatoms. The van der Waals surface area contributed by atoms with Crippen molar-refractivity contribution in [3.8, 4) is 22.3 Å². The van der Waals surface area contributed by atoms with Crippen LogP contribution in [0.5, 0.6) is 0 Å². The van der Waals surface area contributed by atoms with E-state index in [1.165, 1.54) is 17.7 Å². The predicted molar refractivity (Wildman–Crippen MR) is 115 cm³/mol. The van der Waals surface area contributed by atoms with E-state index < -0.39 is 17.8 Å². The number of hydrazine groups is 1. The lowest BCUT2D eigenvalue weighted by Gasteiger charge is -2.07. The van der Waals surface area contributed by atoms with Crippen LogP contribution in [0.15, 0.2) is 82.8 Å². The average molecular weight is 432 g/mol. The van der Waals surface area contributed by atoms with Crippen LogP contribution in [0.3, 0.4) is 0 Å². The van der Waals surface area contributed by atoms with E-state index in [1.54, 1.807) is 0 Å². The molecule has 2 aromatic carbocycles. The maximum Gasteiger partial charge on any atom is 0.382 e. The molecule has 0 saturated heterocycles. The Kier molecular flexibility index (Phi) is 5.74. The van der Waals surface area contributed by atoms with Crippen molar-refractivity contribution in [2.45, 2.75) is 0 Å². The third kappa shape index (κ3) is 4.02. The molecule has 0 atom stereocenters. The predicted octanol–water partition coefficient (Wildman–Crippen LogP) is 4.28. The molecule has 0 aliphatic carbocycles. The Labute approximate surface area is 181 Å². The van der Waals surface area contributed by atoms with Crippen molar-refractivity contribution in [1.82, 2.24) is 5.43 Å². The summed E-state index contributed by atoms with van der Waals surface area (Å²) < 4.78 is 10.6. The normalized spacial score (nSPS) is 10.5. The number of furan rings is 1. The maximum atomic E-state index is 12.9. The van der Waals surface area contributed by atoms with Crippen LogP contribution in [0.4, 0.5) is 0 Å². The largest absolute Gasteiger partial charge is 0.456 e. The third-order valence-corrected chi connectivity index (χ3v) is 5.44. The number of carbonyl (C=O) groups excluding carboxylic acids is 3. The first kappa shape index (κ1) is 20.3. The van der Waals surface area contributed by atoms with Crippen LogP contribution in [-0.4, -0.2) is 17.8 Å². The molecule has 154 valence electrons. The second-order valence-electron chi connectivity index (χ2n) is 6.40. The highest BCUT2D eigenvalue weighted by Crippen LogP contribution is 2.37. The number of carbonyl (C=O) groups is 3. The van der Waals surface area contributed by atoms with Gasteiger partial charge in [-0.2, -0.15) is 0 Å². The van der Waals surface area contributed by atoms with Gasteiger partial charge < -0.3 is 9.15 Å². The Balaban J connectivity index is 1.71. The molecule has 0 aliphatic rings. The standard InChI is InChI=1S/C23H16N2O5S/c24-25-21(26)20-16(11-12-31-20)22(27)30-23(28)19-18(15-9-5-2-6-10-15)17(13-29-19)14-7-3-1-4-8-14/h1-13H,24H2,(H,25,26). The molecule has 0 spiro atoms. The number of ether oxygens (including phenoxy) is 1. The van der Waals surface area contributed by atoms with Crippen molar-refractivity contribution in [2.75, 3.05) is 0 Å². The Morgan fingerprint density at radius 3 is 2.16 bits per heavy atom. The van der Waals surface area contributed by atoms with Gasteiger partial charge in [0.2, 0.25) is 5.76 Å². The van der Waals surface area contributed by atoms with E-state index in [-0.39, 0.29) is 16.2 Å². The molecule has 2 aromatic heterocycles. The van der Waals surface area contributed by atoms with E-state index in [0.29, 0.717) is 11.1 Å². The van der Waals surface area contributed by atoms with Crippen molar-refractivity contribution in [3.63, 3.8) is 0 Å². The SMILES string of the molecule is NNC(=O)c1sccc1C(=O)OC(=O)c1occ(-c2ccccc2)c1-c1ccccc1. The van der Waals surface area contributed by atoms with Crippen molar-refractivity contribution < 1.29 is 23.5 Å². The van der Waals surface area contributed by atoms with Gasteiger partial charge in [0, 0.05) is 11.1 Å². The van der Waals surface area contributed by atoms with Crippen LogP contribution in [0.1, 0.15) is 30.6 Å². The molecule has 0 bridgehead atoms. The van der Waals surface area contributed by atoms with Crippen LogP contribution >= 0.6 is 11.3 Å². The lowest BCUT2D eigenvalue weighted by atomic mass is 9.97. The molecule has 0 radical (unpaired) electrons. The van der Waals surface area contributed by atoms with Crippen molar-refractivity contribution in [3.05, 3.63) is 94.6 Å². The monoisotopic (exact) mass is 432 g/mol. The fourth-order valence-corrected chi connectivity index (χ4v) is 3.91. The number of esters is 2. The van der Waals surface area contributed by atoms with Crippen LogP contribution < -0.4 is 11.3 Å². The molecule has 0 fully saturated rings. The first-order chi connectivity index (χ1) is 15.1. The Morgan fingerprint density at radius 1 is 0.871 bits per heavy atom. The van der Waals surface area contributed by atoms with Crippen LogP contribution in [0, 0.1) is 0 Å². The molecular formula is C23H16N2O5S. The van der Waals surface area contributed by atoms with Gasteiger partial charge in [-0.1, -0.05) is 60.7 Å². The van der Waals surface area contributed by atoms with Gasteiger partial charge in [0.1, 0.15) is 11.1 Å². The number of nitrogens with one attached hydrogen (secondary N) is 1. The molecule has 0 aliphatic heterocycles. The molecule has 0 saturated carbocycles. The fourth-order valence-electron chi connectivity index (χ4n) is 3.13. The molecule has 1 amide bonds. The summed E-state index contributed by atoms with van der Waals surface area (Å²) in [6, 6.07) is 20.0. The molecular weight excluding hydrogens is 416 g/mol. The average Bonchev–Trinajstić information content (AvgIpc) is 3.47. The summed E-state index contributed by atoms with van der Waals surface area (Å²) in [5.74, 6) is 2.45. The zero-order valence-electron chi connectivity index (χ0n) is 16.0. The minimum Gasteiger partial charge on any atom is -0.456 e.